The fraction of sp³-hybridized carbons (Fsp3) is 0.667. The zero-order valence-electron chi connectivity index (χ0n) is 11.2. The molecule has 1 heterocycles. The second kappa shape index (κ2) is 4.67. The minimum absolute atomic E-state index is 0.140. The van der Waals surface area contributed by atoms with E-state index in [2.05, 4.69) is 5.10 Å². The number of carboxylic acids is 1. The lowest BCUT2D eigenvalue weighted by molar-refractivity contribution is -0.151. The predicted molar refractivity (Wildman–Crippen MR) is 61.1 cm³/mol. The Hall–Kier alpha value is -1.67. The monoisotopic (exact) mass is 312 g/mol. The van der Waals surface area contributed by atoms with Crippen LogP contribution in [0.25, 0.3) is 0 Å². The Labute approximate surface area is 116 Å². The van der Waals surface area contributed by atoms with Gasteiger partial charge in [0.2, 0.25) is 0 Å². The van der Waals surface area contributed by atoms with Crippen molar-refractivity contribution in [2.24, 2.45) is 11.8 Å². The van der Waals surface area contributed by atoms with Crippen LogP contribution in [0.1, 0.15) is 35.1 Å². The molecule has 2 rings (SSSR count). The zero-order valence-corrected chi connectivity index (χ0v) is 11.2. The van der Waals surface area contributed by atoms with Crippen LogP contribution in [0.15, 0.2) is 0 Å². The van der Waals surface area contributed by atoms with Gasteiger partial charge in [0, 0.05) is 19.0 Å². The molecule has 21 heavy (non-hydrogen) atoms. The first-order chi connectivity index (χ1) is 9.43. The van der Waals surface area contributed by atoms with E-state index in [0.717, 1.165) is 4.68 Å². The van der Waals surface area contributed by atoms with E-state index >= 15 is 0 Å². The van der Waals surface area contributed by atoms with Crippen molar-refractivity contribution < 1.29 is 31.9 Å². The van der Waals surface area contributed by atoms with Gasteiger partial charge in [-0.15, -0.1) is 0 Å². The summed E-state index contributed by atoms with van der Waals surface area (Å²) in [4.78, 5) is 11.1. The van der Waals surface area contributed by atoms with Crippen LogP contribution in [0, 0.1) is 18.8 Å². The highest BCUT2D eigenvalue weighted by Gasteiger charge is 2.56. The third kappa shape index (κ3) is 3.01. The summed E-state index contributed by atoms with van der Waals surface area (Å²) >= 11 is 0. The number of carboxylic acid groups (broad SMARTS) is 1. The molecule has 0 aromatic carbocycles. The Morgan fingerprint density at radius 3 is 2.33 bits per heavy atom. The molecule has 1 N–H and O–H groups in total. The van der Waals surface area contributed by atoms with Gasteiger partial charge in [-0.05, 0) is 19.3 Å². The molecule has 1 aromatic heterocycles. The Bertz CT molecular complexity index is 573. The maximum absolute atomic E-state index is 13.3. The molecule has 1 fully saturated rings. The van der Waals surface area contributed by atoms with Gasteiger partial charge in [0.15, 0.2) is 0 Å². The molecule has 9 heteroatoms. The van der Waals surface area contributed by atoms with Crippen LogP contribution >= 0.6 is 0 Å². The molecular weight excluding hydrogens is 299 g/mol. The molecule has 0 spiro atoms. The molecule has 0 saturated heterocycles. The smallest absolute Gasteiger partial charge is 0.392 e. The van der Waals surface area contributed by atoms with Crippen LogP contribution in [0.2, 0.25) is 0 Å². The van der Waals surface area contributed by atoms with Crippen LogP contribution in [0.4, 0.5) is 22.0 Å². The van der Waals surface area contributed by atoms with Gasteiger partial charge in [-0.25, -0.2) is 4.79 Å². The Morgan fingerprint density at radius 1 is 1.38 bits per heavy atom. The fourth-order valence-corrected chi connectivity index (χ4v) is 2.44. The van der Waals surface area contributed by atoms with E-state index in [0.29, 0.717) is 6.92 Å². The standard InChI is InChI=1S/C12H13F5N2O2/c1-5-8(10(20)21)19(18-9(5)11(2,13)14)4-6-3-7(6)12(15,16)17/h6-7H,3-4H2,1-2H3,(H,20,21)/t6?,7-/m1/s1. The molecule has 2 atom stereocenters. The first-order valence-corrected chi connectivity index (χ1v) is 6.18. The Balaban J connectivity index is 2.30. The molecule has 1 saturated carbocycles. The molecule has 0 amide bonds. The lowest BCUT2D eigenvalue weighted by Crippen LogP contribution is -2.17. The molecule has 1 aromatic rings. The van der Waals surface area contributed by atoms with Crippen molar-refractivity contribution in [1.82, 2.24) is 9.78 Å². The summed E-state index contributed by atoms with van der Waals surface area (Å²) in [5.74, 6) is -7.18. The second-order valence-corrected chi connectivity index (χ2v) is 5.34. The molecule has 0 radical (unpaired) electrons. The predicted octanol–water partition coefficient (Wildman–Crippen LogP) is 3.20. The summed E-state index contributed by atoms with van der Waals surface area (Å²) in [5.41, 5.74) is -1.43. The number of halogens is 5. The SMILES string of the molecule is Cc1c(C(C)(F)F)nn(CC2C[C@H]2C(F)(F)F)c1C(=O)O. The first kappa shape index (κ1) is 15.7. The molecular formula is C12H13F5N2O2. The second-order valence-electron chi connectivity index (χ2n) is 5.34. The minimum atomic E-state index is -4.35. The van der Waals surface area contributed by atoms with Gasteiger partial charge in [0.1, 0.15) is 11.4 Å². The summed E-state index contributed by atoms with van der Waals surface area (Å²) < 4.78 is 64.8. The van der Waals surface area contributed by atoms with E-state index in [1.165, 1.54) is 6.92 Å². The Kier molecular flexibility index (Phi) is 3.50. The zero-order chi connectivity index (χ0) is 16.2. The summed E-state index contributed by atoms with van der Waals surface area (Å²) in [6.07, 6.45) is -4.49. The molecule has 0 bridgehead atoms. The highest BCUT2D eigenvalue weighted by atomic mass is 19.4. The summed E-state index contributed by atoms with van der Waals surface area (Å²) in [6, 6.07) is 0. The highest BCUT2D eigenvalue weighted by molar-refractivity contribution is 5.87. The van der Waals surface area contributed by atoms with Crippen LogP contribution in [-0.2, 0) is 12.5 Å². The van der Waals surface area contributed by atoms with E-state index in [4.69, 9.17) is 5.11 Å². The lowest BCUT2D eigenvalue weighted by atomic mass is 10.1. The van der Waals surface area contributed by atoms with E-state index < -0.39 is 41.3 Å². The van der Waals surface area contributed by atoms with Crippen LogP contribution in [0.5, 0.6) is 0 Å². The first-order valence-electron chi connectivity index (χ1n) is 6.18. The van der Waals surface area contributed by atoms with Crippen molar-refractivity contribution >= 4 is 5.97 Å². The average molecular weight is 312 g/mol. The largest absolute Gasteiger partial charge is 0.477 e. The number of rotatable bonds is 4. The van der Waals surface area contributed by atoms with E-state index in [1.807, 2.05) is 0 Å². The summed E-state index contributed by atoms with van der Waals surface area (Å²) in [7, 11) is 0. The maximum atomic E-state index is 13.3. The molecule has 118 valence electrons. The molecule has 1 aliphatic carbocycles. The van der Waals surface area contributed by atoms with Crippen molar-refractivity contribution in [3.8, 4) is 0 Å². The highest BCUT2D eigenvalue weighted by Crippen LogP contribution is 2.51. The fourth-order valence-electron chi connectivity index (χ4n) is 2.44. The topological polar surface area (TPSA) is 55.1 Å². The average Bonchev–Trinajstić information content (AvgIpc) is 2.94. The normalized spacial score (nSPS) is 22.4. The number of alkyl halides is 5. The number of hydrogen-bond donors (Lipinski definition) is 1. The minimum Gasteiger partial charge on any atom is -0.477 e. The third-order valence-corrected chi connectivity index (χ3v) is 3.56. The van der Waals surface area contributed by atoms with Crippen LogP contribution < -0.4 is 0 Å². The van der Waals surface area contributed by atoms with Crippen molar-refractivity contribution in [3.05, 3.63) is 17.0 Å². The number of nitrogens with zero attached hydrogens (tertiary/aromatic N) is 2. The van der Waals surface area contributed by atoms with Gasteiger partial charge in [-0.2, -0.15) is 27.1 Å². The van der Waals surface area contributed by atoms with Crippen molar-refractivity contribution in [2.75, 3.05) is 0 Å². The number of aromatic nitrogens is 2. The quantitative estimate of drug-likeness (QED) is 0.869. The summed E-state index contributed by atoms with van der Waals surface area (Å²) in [6.45, 7) is 1.41. The maximum Gasteiger partial charge on any atom is 0.392 e. The van der Waals surface area contributed by atoms with Gasteiger partial charge < -0.3 is 5.11 Å². The summed E-state index contributed by atoms with van der Waals surface area (Å²) in [5, 5.41) is 12.6. The lowest BCUT2D eigenvalue weighted by Gasteiger charge is -2.07. The van der Waals surface area contributed by atoms with E-state index in [9.17, 15) is 26.7 Å². The van der Waals surface area contributed by atoms with Gasteiger partial charge in [0.25, 0.3) is 5.92 Å². The molecule has 4 nitrogen and oxygen atoms in total. The van der Waals surface area contributed by atoms with Crippen molar-refractivity contribution in [3.63, 3.8) is 0 Å². The van der Waals surface area contributed by atoms with Gasteiger partial charge in [-0.3, -0.25) is 4.68 Å². The Morgan fingerprint density at radius 2 is 1.95 bits per heavy atom. The van der Waals surface area contributed by atoms with Gasteiger partial charge >= 0.3 is 12.1 Å². The van der Waals surface area contributed by atoms with Crippen molar-refractivity contribution in [1.29, 1.82) is 0 Å². The number of aromatic carboxylic acids is 1. The number of carbonyl (C=O) groups is 1. The van der Waals surface area contributed by atoms with Crippen LogP contribution in [0.3, 0.4) is 0 Å². The number of hydrogen-bond acceptors (Lipinski definition) is 2. The molecule has 0 aliphatic heterocycles. The van der Waals surface area contributed by atoms with Crippen LogP contribution in [-0.4, -0.2) is 27.0 Å². The third-order valence-electron chi connectivity index (χ3n) is 3.56. The van der Waals surface area contributed by atoms with Crippen molar-refractivity contribution in [2.45, 2.75) is 38.9 Å². The molecule has 1 aliphatic rings. The van der Waals surface area contributed by atoms with E-state index in [1.54, 1.807) is 0 Å². The van der Waals surface area contributed by atoms with E-state index in [-0.39, 0.29) is 18.5 Å². The van der Waals surface area contributed by atoms with Gasteiger partial charge in [0.05, 0.1) is 5.92 Å². The van der Waals surface area contributed by atoms with Gasteiger partial charge in [-0.1, -0.05) is 0 Å². The molecule has 1 unspecified atom stereocenters.